The summed E-state index contributed by atoms with van der Waals surface area (Å²) >= 11 is 0. The van der Waals surface area contributed by atoms with E-state index in [9.17, 15) is 4.79 Å². The first-order valence-corrected chi connectivity index (χ1v) is 6.79. The van der Waals surface area contributed by atoms with Gasteiger partial charge in [-0.3, -0.25) is 4.79 Å². The third kappa shape index (κ3) is 2.63. The molecule has 0 aliphatic heterocycles. The molecule has 1 N–H and O–H groups in total. The molecule has 0 radical (unpaired) electrons. The minimum absolute atomic E-state index is 0.177. The number of benzene rings is 1. The minimum atomic E-state index is -0.177. The molecular weight excluding hydrogens is 264 g/mol. The smallest absolute Gasteiger partial charge is 0.271 e. The molecule has 0 fully saturated rings. The molecule has 5 nitrogen and oxygen atoms in total. The Morgan fingerprint density at radius 1 is 1.24 bits per heavy atom. The van der Waals surface area contributed by atoms with Crippen molar-refractivity contribution in [3.8, 4) is 0 Å². The first-order chi connectivity index (χ1) is 10.1. The highest BCUT2D eigenvalue weighted by molar-refractivity contribution is 5.93. The quantitative estimate of drug-likeness (QED) is 0.800. The van der Waals surface area contributed by atoms with E-state index in [2.05, 4.69) is 15.4 Å². The number of nitrogens with one attached hydrogen (secondary N) is 1. The van der Waals surface area contributed by atoms with Crippen molar-refractivity contribution in [3.63, 3.8) is 0 Å². The maximum atomic E-state index is 12.3. The zero-order valence-electron chi connectivity index (χ0n) is 12.0. The normalized spacial score (nSPS) is 10.8. The fourth-order valence-electron chi connectivity index (χ4n) is 2.30. The molecular formula is C16H16N4O. The first-order valence-electron chi connectivity index (χ1n) is 6.79. The molecule has 0 aliphatic carbocycles. The molecule has 2 heterocycles. The van der Waals surface area contributed by atoms with Crippen molar-refractivity contribution in [1.82, 2.24) is 19.9 Å². The Morgan fingerprint density at radius 3 is 2.76 bits per heavy atom. The van der Waals surface area contributed by atoms with Gasteiger partial charge in [0.25, 0.3) is 5.91 Å². The summed E-state index contributed by atoms with van der Waals surface area (Å²) in [6.45, 7) is 4.35. The molecule has 1 amide bonds. The van der Waals surface area contributed by atoms with Crippen LogP contribution in [0.2, 0.25) is 0 Å². The summed E-state index contributed by atoms with van der Waals surface area (Å²) in [6.07, 6.45) is 1.56. The number of fused-ring (bicyclic) bond motifs is 1. The van der Waals surface area contributed by atoms with E-state index in [0.717, 1.165) is 16.8 Å². The molecule has 0 saturated carbocycles. The van der Waals surface area contributed by atoms with E-state index in [1.54, 1.807) is 10.7 Å². The number of carbonyl (C=O) groups excluding carboxylic acids is 1. The number of amides is 1. The highest BCUT2D eigenvalue weighted by Gasteiger charge is 2.14. The predicted molar refractivity (Wildman–Crippen MR) is 80.1 cm³/mol. The lowest BCUT2D eigenvalue weighted by molar-refractivity contribution is 0.0944. The van der Waals surface area contributed by atoms with Crippen LogP contribution in [0.1, 0.15) is 27.3 Å². The maximum Gasteiger partial charge on any atom is 0.271 e. The van der Waals surface area contributed by atoms with Gasteiger partial charge in [0, 0.05) is 6.54 Å². The highest BCUT2D eigenvalue weighted by Crippen LogP contribution is 2.11. The third-order valence-electron chi connectivity index (χ3n) is 3.30. The van der Waals surface area contributed by atoms with Crippen LogP contribution in [0, 0.1) is 13.8 Å². The Balaban J connectivity index is 1.85. The highest BCUT2D eigenvalue weighted by atomic mass is 16.2. The standard InChI is InChI=1S/C16H16N4O/c1-11-8-12(2)19-20-14(10-17-15(11)20)16(21)18-9-13-6-4-3-5-7-13/h3-8,10H,9H2,1-2H3,(H,18,21). The van der Waals surface area contributed by atoms with Gasteiger partial charge in [0.1, 0.15) is 5.69 Å². The second-order valence-corrected chi connectivity index (χ2v) is 5.02. The maximum absolute atomic E-state index is 12.3. The molecule has 5 heteroatoms. The average Bonchev–Trinajstić information content (AvgIpc) is 2.90. The largest absolute Gasteiger partial charge is 0.347 e. The van der Waals surface area contributed by atoms with Crippen LogP contribution in [0.15, 0.2) is 42.6 Å². The van der Waals surface area contributed by atoms with Crippen molar-refractivity contribution in [1.29, 1.82) is 0 Å². The zero-order chi connectivity index (χ0) is 14.8. The van der Waals surface area contributed by atoms with Gasteiger partial charge >= 0.3 is 0 Å². The zero-order valence-corrected chi connectivity index (χ0v) is 12.0. The molecule has 0 bridgehead atoms. The van der Waals surface area contributed by atoms with E-state index in [-0.39, 0.29) is 5.91 Å². The van der Waals surface area contributed by atoms with Gasteiger partial charge in [-0.1, -0.05) is 30.3 Å². The summed E-state index contributed by atoms with van der Waals surface area (Å²) in [7, 11) is 0. The number of hydrogen-bond donors (Lipinski definition) is 1. The van der Waals surface area contributed by atoms with Crippen LogP contribution in [0.25, 0.3) is 5.65 Å². The number of carbonyl (C=O) groups is 1. The average molecular weight is 280 g/mol. The summed E-state index contributed by atoms with van der Waals surface area (Å²) in [5, 5.41) is 7.26. The van der Waals surface area contributed by atoms with Crippen LogP contribution in [-0.2, 0) is 6.54 Å². The van der Waals surface area contributed by atoms with Crippen molar-refractivity contribution in [2.75, 3.05) is 0 Å². The third-order valence-corrected chi connectivity index (χ3v) is 3.30. The minimum Gasteiger partial charge on any atom is -0.347 e. The summed E-state index contributed by atoms with van der Waals surface area (Å²) in [5.41, 5.74) is 4.08. The number of hydrogen-bond acceptors (Lipinski definition) is 3. The van der Waals surface area contributed by atoms with Gasteiger partial charge < -0.3 is 5.32 Å². The van der Waals surface area contributed by atoms with Gasteiger partial charge in [0.05, 0.1) is 11.9 Å². The van der Waals surface area contributed by atoms with Crippen molar-refractivity contribution >= 4 is 11.6 Å². The molecule has 1 aromatic carbocycles. The van der Waals surface area contributed by atoms with E-state index in [1.807, 2.05) is 50.2 Å². The van der Waals surface area contributed by atoms with E-state index in [1.165, 1.54) is 0 Å². The number of rotatable bonds is 3. The van der Waals surface area contributed by atoms with Gasteiger partial charge in [-0.15, -0.1) is 0 Å². The van der Waals surface area contributed by atoms with E-state index >= 15 is 0 Å². The number of aromatic nitrogens is 3. The fraction of sp³-hybridized carbons (Fsp3) is 0.188. The molecule has 0 aliphatic rings. The molecule has 3 rings (SSSR count). The summed E-state index contributed by atoms with van der Waals surface area (Å²) in [6, 6.07) is 11.7. The van der Waals surface area contributed by atoms with Gasteiger partial charge in [-0.2, -0.15) is 5.10 Å². The lowest BCUT2D eigenvalue weighted by Gasteiger charge is -2.06. The molecule has 0 saturated heterocycles. The molecule has 3 aromatic rings. The van der Waals surface area contributed by atoms with Crippen LogP contribution < -0.4 is 5.32 Å². The SMILES string of the molecule is Cc1cc(C)c2ncc(C(=O)NCc3ccccc3)n2n1. The van der Waals surface area contributed by atoms with Crippen molar-refractivity contribution in [3.05, 3.63) is 65.1 Å². The molecule has 0 atom stereocenters. The van der Waals surface area contributed by atoms with Gasteiger partial charge in [-0.25, -0.2) is 9.50 Å². The second kappa shape index (κ2) is 5.36. The van der Waals surface area contributed by atoms with Gasteiger partial charge in [-0.05, 0) is 31.0 Å². The number of aryl methyl sites for hydroxylation is 2. The number of nitrogens with zero attached hydrogens (tertiary/aromatic N) is 3. The molecule has 0 unspecified atom stereocenters. The Kier molecular flexibility index (Phi) is 3.39. The van der Waals surface area contributed by atoms with Gasteiger partial charge in [0.15, 0.2) is 5.65 Å². The fourth-order valence-corrected chi connectivity index (χ4v) is 2.30. The van der Waals surface area contributed by atoms with Crippen molar-refractivity contribution in [2.24, 2.45) is 0 Å². The summed E-state index contributed by atoms with van der Waals surface area (Å²) in [5.74, 6) is -0.177. The molecule has 0 spiro atoms. The van der Waals surface area contributed by atoms with Crippen LogP contribution in [-0.4, -0.2) is 20.5 Å². The molecule has 106 valence electrons. The second-order valence-electron chi connectivity index (χ2n) is 5.02. The van der Waals surface area contributed by atoms with E-state index in [4.69, 9.17) is 0 Å². The Labute approximate surface area is 122 Å². The van der Waals surface area contributed by atoms with Crippen LogP contribution in [0.5, 0.6) is 0 Å². The Hall–Kier alpha value is -2.69. The Bertz CT molecular complexity index is 793. The summed E-state index contributed by atoms with van der Waals surface area (Å²) < 4.78 is 1.60. The first kappa shape index (κ1) is 13.3. The molecule has 21 heavy (non-hydrogen) atoms. The van der Waals surface area contributed by atoms with Crippen LogP contribution in [0.3, 0.4) is 0 Å². The topological polar surface area (TPSA) is 59.3 Å². The lowest BCUT2D eigenvalue weighted by Crippen LogP contribution is -2.24. The number of imidazole rings is 1. The van der Waals surface area contributed by atoms with E-state index in [0.29, 0.717) is 17.9 Å². The van der Waals surface area contributed by atoms with Gasteiger partial charge in [0.2, 0.25) is 0 Å². The summed E-state index contributed by atoms with van der Waals surface area (Å²) in [4.78, 5) is 16.6. The monoisotopic (exact) mass is 280 g/mol. The molecule has 2 aromatic heterocycles. The predicted octanol–water partition coefficient (Wildman–Crippen LogP) is 2.28. The lowest BCUT2D eigenvalue weighted by atomic mass is 10.2. The van der Waals surface area contributed by atoms with E-state index < -0.39 is 0 Å². The van der Waals surface area contributed by atoms with Crippen molar-refractivity contribution in [2.45, 2.75) is 20.4 Å². The van der Waals surface area contributed by atoms with Crippen LogP contribution >= 0.6 is 0 Å². The Morgan fingerprint density at radius 2 is 2.00 bits per heavy atom. The van der Waals surface area contributed by atoms with Crippen molar-refractivity contribution < 1.29 is 4.79 Å². The van der Waals surface area contributed by atoms with Crippen LogP contribution in [0.4, 0.5) is 0 Å².